The highest BCUT2D eigenvalue weighted by Crippen LogP contribution is 2.33. The lowest BCUT2D eigenvalue weighted by molar-refractivity contribution is -0.142. The van der Waals surface area contributed by atoms with Crippen molar-refractivity contribution in [1.29, 1.82) is 0 Å². The molecule has 1 N–H and O–H groups in total. The number of rotatable bonds is 8. The van der Waals surface area contributed by atoms with Gasteiger partial charge >= 0.3 is 12.1 Å². The Morgan fingerprint density at radius 2 is 1.50 bits per heavy atom. The van der Waals surface area contributed by atoms with E-state index in [4.69, 9.17) is 9.16 Å². The van der Waals surface area contributed by atoms with Crippen molar-refractivity contribution < 1.29 is 18.8 Å². The number of hydrogen-bond donors (Lipinski definition) is 1. The van der Waals surface area contributed by atoms with Crippen molar-refractivity contribution in [3.63, 3.8) is 0 Å². The molecule has 162 valence electrons. The molecule has 2 aromatic carbocycles. The van der Waals surface area contributed by atoms with E-state index in [0.717, 1.165) is 16.3 Å². The molecule has 0 fully saturated rings. The highest BCUT2D eigenvalue weighted by atomic mass is 28.4. The average Bonchev–Trinajstić information content (AvgIpc) is 2.72. The van der Waals surface area contributed by atoms with Crippen LogP contribution in [0.25, 0.3) is 0 Å². The second-order valence-electron chi connectivity index (χ2n) is 8.27. The van der Waals surface area contributed by atoms with Gasteiger partial charge in [0.05, 0.1) is 7.11 Å². The lowest BCUT2D eigenvalue weighted by Gasteiger charge is -2.38. The molecule has 0 aromatic heterocycles. The van der Waals surface area contributed by atoms with Gasteiger partial charge in [-0.1, -0.05) is 87.9 Å². The Morgan fingerprint density at radius 3 is 2.00 bits per heavy atom. The van der Waals surface area contributed by atoms with Crippen molar-refractivity contribution in [3.05, 3.63) is 65.7 Å². The highest BCUT2D eigenvalue weighted by molar-refractivity contribution is 6.89. The van der Waals surface area contributed by atoms with Gasteiger partial charge in [-0.2, -0.15) is 0 Å². The van der Waals surface area contributed by atoms with Crippen LogP contribution in [-0.4, -0.2) is 33.5 Å². The van der Waals surface area contributed by atoms with Crippen LogP contribution in [0.4, 0.5) is 4.79 Å². The maximum atomic E-state index is 13.0. The summed E-state index contributed by atoms with van der Waals surface area (Å²) >= 11 is 0. The van der Waals surface area contributed by atoms with Crippen LogP contribution in [0, 0.1) is 6.92 Å². The molecular weight excluding hydrogens is 394 g/mol. The molecule has 0 saturated heterocycles. The molecule has 2 rings (SSSR count). The molecule has 0 aliphatic carbocycles. The van der Waals surface area contributed by atoms with E-state index in [-0.39, 0.29) is 11.1 Å². The van der Waals surface area contributed by atoms with Crippen LogP contribution in [-0.2, 0) is 20.4 Å². The summed E-state index contributed by atoms with van der Waals surface area (Å²) in [5, 5.41) is 3.84. The number of amides is 1. The van der Waals surface area contributed by atoms with Crippen LogP contribution < -0.4 is 10.5 Å². The Bertz CT molecular complexity index is 826. The lowest BCUT2D eigenvalue weighted by Crippen LogP contribution is -2.59. The van der Waals surface area contributed by atoms with Gasteiger partial charge in [-0.05, 0) is 28.8 Å². The predicted octanol–water partition coefficient (Wildman–Crippen LogP) is 4.48. The number of methoxy groups -OCH3 is 1. The fourth-order valence-corrected chi connectivity index (χ4v) is 8.26. The van der Waals surface area contributed by atoms with E-state index in [9.17, 15) is 9.59 Å². The van der Waals surface area contributed by atoms with Gasteiger partial charge in [0.2, 0.25) is 0 Å². The van der Waals surface area contributed by atoms with Crippen molar-refractivity contribution in [2.75, 3.05) is 7.11 Å². The van der Waals surface area contributed by atoms with E-state index in [2.05, 4.69) is 57.3 Å². The fraction of sp³-hybridized carbons (Fsp3) is 0.417. The third-order valence-electron chi connectivity index (χ3n) is 5.54. The summed E-state index contributed by atoms with van der Waals surface area (Å²) in [6.45, 7) is 10.4. The molecule has 1 atom stereocenters. The van der Waals surface area contributed by atoms with E-state index in [0.29, 0.717) is 6.42 Å². The molecule has 0 spiro atoms. The molecule has 0 unspecified atom stereocenters. The molecule has 0 aliphatic rings. The maximum absolute atomic E-state index is 13.0. The van der Waals surface area contributed by atoms with E-state index >= 15 is 0 Å². The van der Waals surface area contributed by atoms with Crippen molar-refractivity contribution in [2.24, 2.45) is 0 Å². The van der Waals surface area contributed by atoms with Crippen LogP contribution in [0.2, 0.25) is 11.1 Å². The van der Waals surface area contributed by atoms with Crippen LogP contribution >= 0.6 is 0 Å². The Hall–Kier alpha value is -2.60. The first-order valence-electron chi connectivity index (χ1n) is 10.4. The number of carbonyl (C=O) groups excluding carboxylic acids is 2. The minimum atomic E-state index is -2.68. The number of esters is 1. The number of hydrogen-bond acceptors (Lipinski definition) is 4. The lowest BCUT2D eigenvalue weighted by atomic mass is 10.1. The first kappa shape index (κ1) is 23.7. The second-order valence-corrected chi connectivity index (χ2v) is 12.9. The smallest absolute Gasteiger partial charge is 0.394 e. The third kappa shape index (κ3) is 5.51. The molecule has 0 saturated carbocycles. The highest BCUT2D eigenvalue weighted by Gasteiger charge is 2.47. The molecule has 2 aromatic rings. The third-order valence-corrected chi connectivity index (χ3v) is 10.7. The van der Waals surface area contributed by atoms with Gasteiger partial charge in [0.25, 0.3) is 8.32 Å². The van der Waals surface area contributed by atoms with E-state index in [1.54, 1.807) is 0 Å². The van der Waals surface area contributed by atoms with Crippen molar-refractivity contribution in [2.45, 2.75) is 58.2 Å². The Morgan fingerprint density at radius 1 is 0.933 bits per heavy atom. The van der Waals surface area contributed by atoms with Crippen molar-refractivity contribution in [1.82, 2.24) is 5.32 Å². The van der Waals surface area contributed by atoms with Crippen molar-refractivity contribution >= 4 is 25.6 Å². The summed E-state index contributed by atoms with van der Waals surface area (Å²) < 4.78 is 11.1. The molecule has 1 amide bonds. The van der Waals surface area contributed by atoms with Crippen LogP contribution in [0.15, 0.2) is 54.6 Å². The van der Waals surface area contributed by atoms with Gasteiger partial charge in [0, 0.05) is 6.42 Å². The van der Waals surface area contributed by atoms with Crippen LogP contribution in [0.5, 0.6) is 0 Å². The number of carbonyl (C=O) groups is 2. The summed E-state index contributed by atoms with van der Waals surface area (Å²) in [7, 11) is -1.36. The molecule has 6 heteroatoms. The predicted molar refractivity (Wildman–Crippen MR) is 122 cm³/mol. The van der Waals surface area contributed by atoms with Gasteiger partial charge in [0.15, 0.2) is 0 Å². The summed E-state index contributed by atoms with van der Waals surface area (Å²) in [6.07, 6.45) is -0.235. The molecule has 0 bridgehead atoms. The standard InChI is InChI=1S/C24H33NO4Si/c1-17(2)30(18(3)4,21-14-12-19(5)13-15-21)29-24(27)25-22(23(26)28-6)16-20-10-8-7-9-11-20/h7-15,17-18,22H,16H2,1-6H3,(H,25,27)/t22-/m0/s1. The van der Waals surface area contributed by atoms with E-state index in [1.807, 2.05) is 37.3 Å². The van der Waals surface area contributed by atoms with Crippen molar-refractivity contribution in [3.8, 4) is 0 Å². The summed E-state index contributed by atoms with van der Waals surface area (Å²) in [5.41, 5.74) is 2.42. The van der Waals surface area contributed by atoms with Crippen LogP contribution in [0.3, 0.4) is 0 Å². The molecule has 0 aliphatic heterocycles. The van der Waals surface area contributed by atoms with Gasteiger partial charge in [-0.25, -0.2) is 9.59 Å². The molecule has 0 heterocycles. The summed E-state index contributed by atoms with van der Waals surface area (Å²) in [4.78, 5) is 25.3. The van der Waals surface area contributed by atoms with Gasteiger partial charge in [-0.15, -0.1) is 0 Å². The molecule has 0 radical (unpaired) electrons. The van der Waals surface area contributed by atoms with Crippen LogP contribution in [0.1, 0.15) is 38.8 Å². The Balaban J connectivity index is 2.28. The topological polar surface area (TPSA) is 64.6 Å². The zero-order chi connectivity index (χ0) is 22.3. The SMILES string of the molecule is COC(=O)[C@H](Cc1ccccc1)NC(=O)O[Si](c1ccc(C)cc1)(C(C)C)C(C)C. The minimum Gasteiger partial charge on any atom is -0.499 e. The quantitative estimate of drug-likeness (QED) is 0.498. The van der Waals surface area contributed by atoms with E-state index in [1.165, 1.54) is 7.11 Å². The summed E-state index contributed by atoms with van der Waals surface area (Å²) in [5.74, 6) is -0.493. The van der Waals surface area contributed by atoms with Gasteiger partial charge in [-0.3, -0.25) is 0 Å². The summed E-state index contributed by atoms with van der Waals surface area (Å²) in [6, 6.07) is 17.0. The van der Waals surface area contributed by atoms with Gasteiger partial charge in [0.1, 0.15) is 6.04 Å². The number of ether oxygens (including phenoxy) is 1. The monoisotopic (exact) mass is 427 g/mol. The largest absolute Gasteiger partial charge is 0.499 e. The second kappa shape index (κ2) is 10.4. The number of benzene rings is 2. The minimum absolute atomic E-state index is 0.164. The Labute approximate surface area is 180 Å². The Kier molecular flexibility index (Phi) is 8.23. The van der Waals surface area contributed by atoms with Gasteiger partial charge < -0.3 is 14.5 Å². The first-order chi connectivity index (χ1) is 14.2. The number of nitrogens with one attached hydrogen (secondary N) is 1. The zero-order valence-corrected chi connectivity index (χ0v) is 19.8. The molecular formula is C24H33NO4Si. The maximum Gasteiger partial charge on any atom is 0.394 e. The molecule has 30 heavy (non-hydrogen) atoms. The van der Waals surface area contributed by atoms with E-state index < -0.39 is 26.4 Å². The number of aryl methyl sites for hydroxylation is 1. The normalized spacial score (nSPS) is 12.5. The zero-order valence-electron chi connectivity index (χ0n) is 18.8. The average molecular weight is 428 g/mol. The fourth-order valence-electron chi connectivity index (χ4n) is 3.95. The molecule has 5 nitrogen and oxygen atoms in total. The first-order valence-corrected chi connectivity index (χ1v) is 12.4.